The highest BCUT2D eigenvalue weighted by molar-refractivity contribution is 7.87. The summed E-state index contributed by atoms with van der Waals surface area (Å²) in [5, 5.41) is 8.95. The summed E-state index contributed by atoms with van der Waals surface area (Å²) < 4.78 is 32.1. The quantitative estimate of drug-likeness (QED) is 0.543. The smallest absolute Gasteiger partial charge is 0.322 e. The Kier molecular flexibility index (Phi) is 7.11. The Hall–Kier alpha value is -1.19. The molecule has 20 heavy (non-hydrogen) atoms. The highest BCUT2D eigenvalue weighted by Gasteiger charge is 2.28. The first-order valence-corrected chi connectivity index (χ1v) is 7.66. The summed E-state index contributed by atoms with van der Waals surface area (Å²) in [5.74, 6) is -2.24. The van der Waals surface area contributed by atoms with Crippen molar-refractivity contribution >= 4 is 22.1 Å². The van der Waals surface area contributed by atoms with Gasteiger partial charge < -0.3 is 9.84 Å². The van der Waals surface area contributed by atoms with Crippen molar-refractivity contribution in [3.05, 3.63) is 0 Å². The molecule has 0 saturated heterocycles. The van der Waals surface area contributed by atoms with Gasteiger partial charge in [0.25, 0.3) is 10.2 Å². The third kappa shape index (κ3) is 8.83. The van der Waals surface area contributed by atoms with Crippen molar-refractivity contribution in [1.82, 2.24) is 9.44 Å². The molecule has 9 heteroatoms. The number of carboxylic acid groups (broad SMARTS) is 1. The largest absolute Gasteiger partial charge is 0.480 e. The maximum Gasteiger partial charge on any atom is 0.322 e. The number of carbonyl (C=O) groups excluding carboxylic acids is 1. The second-order valence-corrected chi connectivity index (χ2v) is 6.73. The number of nitrogens with one attached hydrogen (secondary N) is 2. The minimum atomic E-state index is -3.97. The molecule has 1 atom stereocenters. The number of esters is 1. The van der Waals surface area contributed by atoms with Gasteiger partial charge in [-0.25, -0.2) is 4.72 Å². The fourth-order valence-corrected chi connectivity index (χ4v) is 2.31. The van der Waals surface area contributed by atoms with E-state index in [1.165, 1.54) is 0 Å². The van der Waals surface area contributed by atoms with Crippen LogP contribution in [0, 0.1) is 0 Å². The predicted molar refractivity (Wildman–Crippen MR) is 72.2 cm³/mol. The van der Waals surface area contributed by atoms with Gasteiger partial charge in [0, 0.05) is 6.54 Å². The molecule has 3 N–H and O–H groups in total. The number of rotatable bonds is 8. The van der Waals surface area contributed by atoms with Crippen LogP contribution in [0.3, 0.4) is 0 Å². The third-order valence-electron chi connectivity index (χ3n) is 1.93. The van der Waals surface area contributed by atoms with Gasteiger partial charge in [-0.05, 0) is 27.2 Å². The number of hydrogen-bond acceptors (Lipinski definition) is 5. The molecule has 0 heterocycles. The van der Waals surface area contributed by atoms with Gasteiger partial charge in [0.15, 0.2) is 0 Å². The zero-order valence-corrected chi connectivity index (χ0v) is 12.9. The summed E-state index contributed by atoms with van der Waals surface area (Å²) in [6.07, 6.45) is -0.0235. The maximum atomic E-state index is 11.5. The van der Waals surface area contributed by atoms with Crippen molar-refractivity contribution in [1.29, 1.82) is 0 Å². The molecule has 0 bridgehead atoms. The van der Waals surface area contributed by atoms with Crippen LogP contribution in [-0.4, -0.2) is 43.7 Å². The minimum absolute atomic E-state index is 0.175. The third-order valence-corrected chi connectivity index (χ3v) is 3.11. The molecular formula is C11H22N2O6S. The van der Waals surface area contributed by atoms with Crippen LogP contribution in [0.4, 0.5) is 0 Å². The molecule has 0 unspecified atom stereocenters. The van der Waals surface area contributed by atoms with E-state index in [9.17, 15) is 18.0 Å². The molecule has 118 valence electrons. The fourth-order valence-electron chi connectivity index (χ4n) is 1.19. The summed E-state index contributed by atoms with van der Waals surface area (Å²) >= 11 is 0. The lowest BCUT2D eigenvalue weighted by molar-refractivity contribution is -0.158. The van der Waals surface area contributed by atoms with E-state index in [2.05, 4.69) is 4.72 Å². The van der Waals surface area contributed by atoms with E-state index in [1.807, 2.05) is 4.72 Å². The lowest BCUT2D eigenvalue weighted by Crippen LogP contribution is -2.48. The van der Waals surface area contributed by atoms with Crippen LogP contribution in [-0.2, 0) is 24.5 Å². The Labute approximate surface area is 119 Å². The lowest BCUT2D eigenvalue weighted by atomic mass is 10.2. The van der Waals surface area contributed by atoms with Crippen LogP contribution in [0.25, 0.3) is 0 Å². The number of carbonyl (C=O) groups is 2. The van der Waals surface area contributed by atoms with E-state index >= 15 is 0 Å². The average molecular weight is 310 g/mol. The van der Waals surface area contributed by atoms with E-state index in [0.717, 1.165) is 0 Å². The van der Waals surface area contributed by atoms with Gasteiger partial charge in [0.05, 0.1) is 6.42 Å². The van der Waals surface area contributed by atoms with Crippen molar-refractivity contribution in [3.8, 4) is 0 Å². The van der Waals surface area contributed by atoms with Gasteiger partial charge in [-0.2, -0.15) is 13.1 Å². The van der Waals surface area contributed by atoms with Crippen molar-refractivity contribution < 1.29 is 27.9 Å². The van der Waals surface area contributed by atoms with Crippen LogP contribution in [0.1, 0.15) is 40.5 Å². The van der Waals surface area contributed by atoms with E-state index < -0.39 is 40.2 Å². The Bertz CT molecular complexity index is 440. The Morgan fingerprint density at radius 2 is 1.85 bits per heavy atom. The molecule has 0 radical (unpaired) electrons. The predicted octanol–water partition coefficient (Wildman–Crippen LogP) is 0.00540. The number of aliphatic carboxylic acids is 1. The standard InChI is InChI=1S/C11H22N2O6S/c1-5-6-12-20(17,18)13-8(10(15)16)7-9(14)19-11(2,3)4/h8,12-13H,5-7H2,1-4H3,(H,15,16)/t8-/m0/s1. The first kappa shape index (κ1) is 18.8. The van der Waals surface area contributed by atoms with Gasteiger partial charge in [0.2, 0.25) is 0 Å². The summed E-state index contributed by atoms with van der Waals surface area (Å²) in [4.78, 5) is 22.5. The number of ether oxygens (including phenoxy) is 1. The molecule has 0 amide bonds. The second kappa shape index (κ2) is 7.55. The van der Waals surface area contributed by atoms with E-state index in [4.69, 9.17) is 9.84 Å². The van der Waals surface area contributed by atoms with E-state index in [0.29, 0.717) is 6.42 Å². The molecule has 0 aromatic rings. The molecule has 0 aliphatic heterocycles. The SMILES string of the molecule is CCCNS(=O)(=O)N[C@@H](CC(=O)OC(C)(C)C)C(=O)O. The Balaban J connectivity index is 4.67. The van der Waals surface area contributed by atoms with E-state index in [-0.39, 0.29) is 6.54 Å². The van der Waals surface area contributed by atoms with Crippen LogP contribution in [0.2, 0.25) is 0 Å². The van der Waals surface area contributed by atoms with Crippen molar-refractivity contribution in [3.63, 3.8) is 0 Å². The molecule has 0 rings (SSSR count). The summed E-state index contributed by atoms with van der Waals surface area (Å²) in [6.45, 7) is 6.83. The first-order valence-electron chi connectivity index (χ1n) is 6.18. The normalized spacial score (nSPS) is 13.8. The molecule has 0 fully saturated rings. The molecule has 0 aromatic heterocycles. The highest BCUT2D eigenvalue weighted by Crippen LogP contribution is 2.09. The zero-order valence-electron chi connectivity index (χ0n) is 12.1. The summed E-state index contributed by atoms with van der Waals surface area (Å²) in [6, 6.07) is -1.57. The topological polar surface area (TPSA) is 122 Å². The highest BCUT2D eigenvalue weighted by atomic mass is 32.2. The molecule has 0 spiro atoms. The summed E-state index contributed by atoms with van der Waals surface area (Å²) in [7, 11) is -3.97. The van der Waals surface area contributed by atoms with Crippen LogP contribution in [0.15, 0.2) is 0 Å². The first-order chi connectivity index (χ1) is 8.97. The van der Waals surface area contributed by atoms with Gasteiger partial charge in [-0.15, -0.1) is 0 Å². The zero-order chi connectivity index (χ0) is 16.0. The van der Waals surface area contributed by atoms with Crippen molar-refractivity contribution in [2.45, 2.75) is 52.2 Å². The monoisotopic (exact) mass is 310 g/mol. The van der Waals surface area contributed by atoms with Crippen molar-refractivity contribution in [2.75, 3.05) is 6.54 Å². The number of carboxylic acids is 1. The molecule has 0 aliphatic rings. The van der Waals surface area contributed by atoms with Crippen LogP contribution in [0.5, 0.6) is 0 Å². The van der Waals surface area contributed by atoms with Crippen LogP contribution < -0.4 is 9.44 Å². The molecular weight excluding hydrogens is 288 g/mol. The average Bonchev–Trinajstić information content (AvgIpc) is 2.22. The van der Waals surface area contributed by atoms with Gasteiger partial charge in [-0.1, -0.05) is 6.92 Å². The summed E-state index contributed by atoms with van der Waals surface area (Å²) in [5.41, 5.74) is -0.764. The Morgan fingerprint density at radius 1 is 1.30 bits per heavy atom. The van der Waals surface area contributed by atoms with E-state index in [1.54, 1.807) is 27.7 Å². The molecule has 8 nitrogen and oxygen atoms in total. The molecule has 0 aliphatic carbocycles. The Morgan fingerprint density at radius 3 is 2.25 bits per heavy atom. The number of hydrogen-bond donors (Lipinski definition) is 3. The lowest BCUT2D eigenvalue weighted by Gasteiger charge is -2.21. The van der Waals surface area contributed by atoms with Gasteiger partial charge in [-0.3, -0.25) is 9.59 Å². The second-order valence-electron chi connectivity index (χ2n) is 5.20. The van der Waals surface area contributed by atoms with Crippen LogP contribution >= 0.6 is 0 Å². The maximum absolute atomic E-state index is 11.5. The molecule has 0 aromatic carbocycles. The van der Waals surface area contributed by atoms with Gasteiger partial charge >= 0.3 is 11.9 Å². The van der Waals surface area contributed by atoms with Gasteiger partial charge in [0.1, 0.15) is 11.6 Å². The fraction of sp³-hybridized carbons (Fsp3) is 0.818. The van der Waals surface area contributed by atoms with Crippen molar-refractivity contribution in [2.24, 2.45) is 0 Å². The minimum Gasteiger partial charge on any atom is -0.480 e. The molecule has 0 saturated carbocycles.